The van der Waals surface area contributed by atoms with Crippen molar-refractivity contribution in [3.05, 3.63) is 0 Å². The van der Waals surface area contributed by atoms with Crippen LogP contribution in [0.15, 0.2) is 0 Å². The number of rotatable bonds is 8. The van der Waals surface area contributed by atoms with Crippen LogP contribution < -0.4 is 0 Å². The topological polar surface area (TPSA) is 47.9 Å². The zero-order valence-corrected chi connectivity index (χ0v) is 8.71. The van der Waals surface area contributed by atoms with Crippen molar-refractivity contribution in [1.82, 2.24) is 0 Å². The number of ether oxygens (including phenoxy) is 3. The molecule has 0 radical (unpaired) electrons. The maximum absolute atomic E-state index is 9.08. The minimum atomic E-state index is -0.303. The van der Waals surface area contributed by atoms with Gasteiger partial charge in [-0.05, 0) is 0 Å². The molecular weight excluding hydrogens is 172 g/mol. The molecule has 0 saturated carbocycles. The lowest BCUT2D eigenvalue weighted by Gasteiger charge is -2.25. The Morgan fingerprint density at radius 3 is 2.23 bits per heavy atom. The summed E-state index contributed by atoms with van der Waals surface area (Å²) in [5, 5.41) is 9.08. The lowest BCUT2D eigenvalue weighted by molar-refractivity contribution is -0.0382. The highest BCUT2D eigenvalue weighted by molar-refractivity contribution is 4.71. The number of hydrogen-bond donors (Lipinski definition) is 1. The van der Waals surface area contributed by atoms with Gasteiger partial charge in [0.05, 0.1) is 33.0 Å². The van der Waals surface area contributed by atoms with Gasteiger partial charge in [-0.3, -0.25) is 0 Å². The molecule has 0 aromatic heterocycles. The van der Waals surface area contributed by atoms with Crippen molar-refractivity contribution in [1.29, 1.82) is 0 Å². The fraction of sp³-hybridized carbons (Fsp3) is 1.00. The van der Waals surface area contributed by atoms with Gasteiger partial charge in [0.2, 0.25) is 0 Å². The SMILES string of the molecule is COCCOCC(C)(CO)COC. The molecule has 0 aromatic rings. The van der Waals surface area contributed by atoms with Gasteiger partial charge >= 0.3 is 0 Å². The van der Waals surface area contributed by atoms with Gasteiger partial charge in [-0.1, -0.05) is 6.92 Å². The van der Waals surface area contributed by atoms with Crippen LogP contribution in [-0.2, 0) is 14.2 Å². The molecule has 13 heavy (non-hydrogen) atoms. The molecule has 0 bridgehead atoms. The fourth-order valence-electron chi connectivity index (χ4n) is 0.942. The molecule has 1 unspecified atom stereocenters. The van der Waals surface area contributed by atoms with Gasteiger partial charge in [0.1, 0.15) is 0 Å². The Labute approximate surface area is 79.8 Å². The van der Waals surface area contributed by atoms with Crippen LogP contribution >= 0.6 is 0 Å². The van der Waals surface area contributed by atoms with Crippen molar-refractivity contribution < 1.29 is 19.3 Å². The van der Waals surface area contributed by atoms with Crippen LogP contribution in [0, 0.1) is 5.41 Å². The van der Waals surface area contributed by atoms with Crippen LogP contribution in [0.1, 0.15) is 6.92 Å². The molecule has 0 heterocycles. The van der Waals surface area contributed by atoms with Gasteiger partial charge in [0.15, 0.2) is 0 Å². The molecule has 80 valence electrons. The molecule has 0 rings (SSSR count). The van der Waals surface area contributed by atoms with E-state index < -0.39 is 0 Å². The summed E-state index contributed by atoms with van der Waals surface area (Å²) in [6, 6.07) is 0. The van der Waals surface area contributed by atoms with E-state index in [2.05, 4.69) is 0 Å². The van der Waals surface area contributed by atoms with Gasteiger partial charge in [0, 0.05) is 19.6 Å². The van der Waals surface area contributed by atoms with Crippen LogP contribution in [0.25, 0.3) is 0 Å². The summed E-state index contributed by atoms with van der Waals surface area (Å²) in [6.45, 7) is 4.10. The number of methoxy groups -OCH3 is 2. The standard InChI is InChI=1S/C9H20O4/c1-9(6-10,7-12-3)8-13-5-4-11-2/h10H,4-8H2,1-3H3. The fourth-order valence-corrected chi connectivity index (χ4v) is 0.942. The third-order valence-corrected chi connectivity index (χ3v) is 1.76. The summed E-state index contributed by atoms with van der Waals surface area (Å²) >= 11 is 0. The third-order valence-electron chi connectivity index (χ3n) is 1.76. The first-order chi connectivity index (χ1) is 6.18. The van der Waals surface area contributed by atoms with Gasteiger partial charge in [0.25, 0.3) is 0 Å². The van der Waals surface area contributed by atoms with Crippen LogP contribution in [0.5, 0.6) is 0 Å². The molecule has 0 aliphatic carbocycles. The van der Waals surface area contributed by atoms with E-state index in [1.807, 2.05) is 6.92 Å². The van der Waals surface area contributed by atoms with Crippen molar-refractivity contribution in [3.8, 4) is 0 Å². The van der Waals surface area contributed by atoms with Gasteiger partial charge < -0.3 is 19.3 Å². The molecule has 0 aliphatic rings. The molecule has 0 amide bonds. The first-order valence-electron chi connectivity index (χ1n) is 4.35. The zero-order valence-electron chi connectivity index (χ0n) is 8.71. The van der Waals surface area contributed by atoms with E-state index in [0.717, 1.165) is 0 Å². The first-order valence-corrected chi connectivity index (χ1v) is 4.35. The molecular formula is C9H20O4. The zero-order chi connectivity index (χ0) is 10.2. The summed E-state index contributed by atoms with van der Waals surface area (Å²) in [4.78, 5) is 0. The minimum Gasteiger partial charge on any atom is -0.396 e. The summed E-state index contributed by atoms with van der Waals surface area (Å²) in [5.41, 5.74) is -0.303. The number of hydrogen-bond acceptors (Lipinski definition) is 4. The quantitative estimate of drug-likeness (QED) is 0.562. The van der Waals surface area contributed by atoms with Gasteiger partial charge in [-0.25, -0.2) is 0 Å². The van der Waals surface area contributed by atoms with E-state index in [9.17, 15) is 0 Å². The van der Waals surface area contributed by atoms with Crippen LogP contribution in [0.2, 0.25) is 0 Å². The van der Waals surface area contributed by atoms with Crippen molar-refractivity contribution >= 4 is 0 Å². The molecule has 0 aromatic carbocycles. The molecule has 0 saturated heterocycles. The molecule has 0 aliphatic heterocycles. The monoisotopic (exact) mass is 192 g/mol. The third kappa shape index (κ3) is 5.99. The Bertz CT molecular complexity index is 118. The van der Waals surface area contributed by atoms with E-state index in [4.69, 9.17) is 19.3 Å². The minimum absolute atomic E-state index is 0.0633. The summed E-state index contributed by atoms with van der Waals surface area (Å²) in [7, 11) is 3.24. The second kappa shape index (κ2) is 7.26. The number of aliphatic hydroxyl groups excluding tert-OH is 1. The average molecular weight is 192 g/mol. The second-order valence-electron chi connectivity index (χ2n) is 3.45. The predicted octanol–water partition coefficient (Wildman–Crippen LogP) is 0.294. The predicted molar refractivity (Wildman–Crippen MR) is 49.8 cm³/mol. The second-order valence-corrected chi connectivity index (χ2v) is 3.45. The Balaban J connectivity index is 3.57. The van der Waals surface area contributed by atoms with E-state index >= 15 is 0 Å². The van der Waals surface area contributed by atoms with E-state index in [0.29, 0.717) is 26.4 Å². The lowest BCUT2D eigenvalue weighted by atomic mass is 9.94. The molecule has 4 nitrogen and oxygen atoms in total. The average Bonchev–Trinajstić information content (AvgIpc) is 2.13. The largest absolute Gasteiger partial charge is 0.396 e. The van der Waals surface area contributed by atoms with Crippen molar-refractivity contribution in [3.63, 3.8) is 0 Å². The Hall–Kier alpha value is -0.160. The Morgan fingerprint density at radius 2 is 1.77 bits per heavy atom. The highest BCUT2D eigenvalue weighted by atomic mass is 16.5. The first kappa shape index (κ1) is 12.8. The highest BCUT2D eigenvalue weighted by Crippen LogP contribution is 2.15. The van der Waals surface area contributed by atoms with E-state index in [1.54, 1.807) is 14.2 Å². The van der Waals surface area contributed by atoms with Crippen LogP contribution in [0.3, 0.4) is 0 Å². The summed E-state index contributed by atoms with van der Waals surface area (Å²) < 4.78 is 15.1. The van der Waals surface area contributed by atoms with Crippen molar-refractivity contribution in [2.75, 3.05) is 47.3 Å². The Morgan fingerprint density at radius 1 is 1.08 bits per heavy atom. The summed E-state index contributed by atoms with van der Waals surface area (Å²) in [6.07, 6.45) is 0. The smallest absolute Gasteiger partial charge is 0.0700 e. The van der Waals surface area contributed by atoms with Crippen LogP contribution in [-0.4, -0.2) is 52.4 Å². The van der Waals surface area contributed by atoms with Crippen molar-refractivity contribution in [2.24, 2.45) is 5.41 Å². The molecule has 4 heteroatoms. The highest BCUT2D eigenvalue weighted by Gasteiger charge is 2.23. The normalized spacial score (nSPS) is 15.7. The van der Waals surface area contributed by atoms with Gasteiger partial charge in [-0.2, -0.15) is 0 Å². The molecule has 1 N–H and O–H groups in total. The molecule has 1 atom stereocenters. The van der Waals surface area contributed by atoms with Crippen LogP contribution in [0.4, 0.5) is 0 Å². The summed E-state index contributed by atoms with van der Waals surface area (Å²) in [5.74, 6) is 0. The number of aliphatic hydroxyl groups is 1. The lowest BCUT2D eigenvalue weighted by Crippen LogP contribution is -2.33. The van der Waals surface area contributed by atoms with E-state index in [1.165, 1.54) is 0 Å². The maximum atomic E-state index is 9.08. The maximum Gasteiger partial charge on any atom is 0.0700 e. The van der Waals surface area contributed by atoms with Crippen molar-refractivity contribution in [2.45, 2.75) is 6.92 Å². The molecule has 0 spiro atoms. The molecule has 0 fully saturated rings. The Kier molecular flexibility index (Phi) is 7.17. The van der Waals surface area contributed by atoms with E-state index in [-0.39, 0.29) is 12.0 Å². The van der Waals surface area contributed by atoms with Gasteiger partial charge in [-0.15, -0.1) is 0 Å².